The SMILES string of the molecule is Cc1ccc(C(=O)N2CCC3CCC(C2)N3)c(Br)c1.Cl. The molecule has 3 nitrogen and oxygen atoms in total. The Kier molecular flexibility index (Phi) is 5.10. The number of carbonyl (C=O) groups excluding carboxylic acids is 1. The highest BCUT2D eigenvalue weighted by Gasteiger charge is 2.31. The number of rotatable bonds is 1. The molecule has 2 fully saturated rings. The Bertz CT molecular complexity index is 509. The highest BCUT2D eigenvalue weighted by atomic mass is 79.9. The molecular weight excluding hydrogens is 340 g/mol. The first-order valence-corrected chi connectivity index (χ1v) is 7.74. The summed E-state index contributed by atoms with van der Waals surface area (Å²) in [4.78, 5) is 14.6. The molecule has 2 aliphatic rings. The van der Waals surface area contributed by atoms with Crippen molar-refractivity contribution in [2.45, 2.75) is 38.3 Å². The summed E-state index contributed by atoms with van der Waals surface area (Å²) < 4.78 is 0.903. The van der Waals surface area contributed by atoms with Gasteiger partial charge in [-0.15, -0.1) is 12.4 Å². The van der Waals surface area contributed by atoms with Gasteiger partial charge < -0.3 is 10.2 Å². The first kappa shape index (κ1) is 15.8. The van der Waals surface area contributed by atoms with E-state index in [1.54, 1.807) is 0 Å². The summed E-state index contributed by atoms with van der Waals surface area (Å²) in [7, 11) is 0. The summed E-state index contributed by atoms with van der Waals surface area (Å²) in [5.41, 5.74) is 1.95. The summed E-state index contributed by atoms with van der Waals surface area (Å²) in [6.45, 7) is 3.75. The van der Waals surface area contributed by atoms with E-state index in [2.05, 4.69) is 21.2 Å². The second-order valence-corrected chi connectivity index (χ2v) is 6.52. The standard InChI is InChI=1S/C15H19BrN2O.ClH/c1-10-2-5-13(14(16)8-10)15(19)18-7-6-11-3-4-12(9-18)17-11;/h2,5,8,11-12,17H,3-4,6-7,9H2,1H3;1H. The maximum atomic E-state index is 12.6. The minimum Gasteiger partial charge on any atom is -0.337 e. The molecule has 2 bridgehead atoms. The zero-order valence-corrected chi connectivity index (χ0v) is 14.0. The number of carbonyl (C=O) groups is 1. The maximum Gasteiger partial charge on any atom is 0.255 e. The van der Waals surface area contributed by atoms with Crippen molar-refractivity contribution in [1.82, 2.24) is 10.2 Å². The molecule has 1 N–H and O–H groups in total. The van der Waals surface area contributed by atoms with Crippen molar-refractivity contribution in [2.24, 2.45) is 0 Å². The number of hydrogen-bond acceptors (Lipinski definition) is 2. The van der Waals surface area contributed by atoms with E-state index in [0.717, 1.165) is 29.5 Å². The molecule has 1 aromatic rings. The average molecular weight is 360 g/mol. The van der Waals surface area contributed by atoms with Gasteiger partial charge in [0, 0.05) is 29.6 Å². The van der Waals surface area contributed by atoms with Crippen molar-refractivity contribution in [3.05, 3.63) is 33.8 Å². The van der Waals surface area contributed by atoms with Gasteiger partial charge in [-0.25, -0.2) is 0 Å². The number of nitrogens with zero attached hydrogens (tertiary/aromatic N) is 1. The van der Waals surface area contributed by atoms with Crippen LogP contribution in [0.2, 0.25) is 0 Å². The van der Waals surface area contributed by atoms with Crippen LogP contribution in [0.4, 0.5) is 0 Å². The van der Waals surface area contributed by atoms with E-state index >= 15 is 0 Å². The van der Waals surface area contributed by atoms with E-state index in [-0.39, 0.29) is 18.3 Å². The molecule has 2 saturated heterocycles. The Morgan fingerprint density at radius 2 is 2.05 bits per heavy atom. The van der Waals surface area contributed by atoms with Crippen LogP contribution >= 0.6 is 28.3 Å². The zero-order valence-electron chi connectivity index (χ0n) is 11.6. The third-order valence-electron chi connectivity index (χ3n) is 4.17. The smallest absolute Gasteiger partial charge is 0.255 e. The molecular formula is C15H20BrClN2O. The molecule has 2 heterocycles. The molecule has 0 saturated carbocycles. The van der Waals surface area contributed by atoms with Crippen molar-refractivity contribution in [2.75, 3.05) is 13.1 Å². The Hall–Kier alpha value is -0.580. The number of hydrogen-bond donors (Lipinski definition) is 1. The van der Waals surface area contributed by atoms with Crippen LogP contribution in [0.5, 0.6) is 0 Å². The number of benzene rings is 1. The number of nitrogens with one attached hydrogen (secondary N) is 1. The average Bonchev–Trinajstić information content (AvgIpc) is 2.68. The van der Waals surface area contributed by atoms with Gasteiger partial charge in [-0.1, -0.05) is 6.07 Å². The van der Waals surface area contributed by atoms with Crippen LogP contribution in [-0.4, -0.2) is 36.0 Å². The van der Waals surface area contributed by atoms with Crippen LogP contribution in [0.25, 0.3) is 0 Å². The van der Waals surface area contributed by atoms with Crippen LogP contribution in [0, 0.1) is 6.92 Å². The van der Waals surface area contributed by atoms with Gasteiger partial charge in [0.15, 0.2) is 0 Å². The topological polar surface area (TPSA) is 32.3 Å². The van der Waals surface area contributed by atoms with E-state index in [4.69, 9.17) is 0 Å². The van der Waals surface area contributed by atoms with Crippen molar-refractivity contribution >= 4 is 34.2 Å². The minimum absolute atomic E-state index is 0. The molecule has 2 atom stereocenters. The Balaban J connectivity index is 0.00000147. The molecule has 3 rings (SSSR count). The molecule has 5 heteroatoms. The van der Waals surface area contributed by atoms with Crippen LogP contribution in [0.1, 0.15) is 35.2 Å². The van der Waals surface area contributed by atoms with Gasteiger partial charge in [-0.05, 0) is 59.8 Å². The lowest BCUT2D eigenvalue weighted by Gasteiger charge is -2.24. The van der Waals surface area contributed by atoms with Crippen molar-refractivity contribution < 1.29 is 4.79 Å². The van der Waals surface area contributed by atoms with E-state index in [1.807, 2.05) is 30.0 Å². The Labute approximate surface area is 134 Å². The predicted octanol–water partition coefficient (Wildman–Crippen LogP) is 3.15. The number of aryl methyl sites for hydroxylation is 1. The molecule has 0 aliphatic carbocycles. The van der Waals surface area contributed by atoms with Crippen molar-refractivity contribution in [3.63, 3.8) is 0 Å². The van der Waals surface area contributed by atoms with Gasteiger partial charge in [-0.3, -0.25) is 4.79 Å². The third kappa shape index (κ3) is 3.18. The molecule has 0 radical (unpaired) electrons. The fourth-order valence-electron chi connectivity index (χ4n) is 3.09. The van der Waals surface area contributed by atoms with Crippen LogP contribution in [-0.2, 0) is 0 Å². The lowest BCUT2D eigenvalue weighted by atomic mass is 10.1. The van der Waals surface area contributed by atoms with Gasteiger partial charge in [-0.2, -0.15) is 0 Å². The second-order valence-electron chi connectivity index (χ2n) is 5.66. The van der Waals surface area contributed by atoms with E-state index in [1.165, 1.54) is 18.4 Å². The lowest BCUT2D eigenvalue weighted by molar-refractivity contribution is 0.0747. The maximum absolute atomic E-state index is 12.6. The van der Waals surface area contributed by atoms with E-state index in [9.17, 15) is 4.79 Å². The van der Waals surface area contributed by atoms with Gasteiger partial charge in [0.05, 0.1) is 5.56 Å². The third-order valence-corrected chi connectivity index (χ3v) is 4.82. The van der Waals surface area contributed by atoms with Crippen molar-refractivity contribution in [1.29, 1.82) is 0 Å². The number of halogens is 2. The molecule has 0 aromatic heterocycles. The molecule has 20 heavy (non-hydrogen) atoms. The summed E-state index contributed by atoms with van der Waals surface area (Å²) in [6.07, 6.45) is 3.54. The highest BCUT2D eigenvalue weighted by Crippen LogP contribution is 2.24. The summed E-state index contributed by atoms with van der Waals surface area (Å²) in [5.74, 6) is 0.154. The molecule has 0 spiro atoms. The molecule has 110 valence electrons. The Morgan fingerprint density at radius 1 is 1.30 bits per heavy atom. The van der Waals surface area contributed by atoms with Gasteiger partial charge in [0.2, 0.25) is 0 Å². The molecule has 2 unspecified atom stereocenters. The van der Waals surface area contributed by atoms with Gasteiger partial charge in [0.25, 0.3) is 5.91 Å². The largest absolute Gasteiger partial charge is 0.337 e. The first-order chi connectivity index (χ1) is 9.13. The number of fused-ring (bicyclic) bond motifs is 2. The summed E-state index contributed by atoms with van der Waals surface area (Å²) >= 11 is 3.51. The normalized spacial score (nSPS) is 25.0. The minimum atomic E-state index is 0. The van der Waals surface area contributed by atoms with Gasteiger partial charge in [0.1, 0.15) is 0 Å². The lowest BCUT2D eigenvalue weighted by Crippen LogP contribution is -2.39. The fraction of sp³-hybridized carbons (Fsp3) is 0.533. The quantitative estimate of drug-likeness (QED) is 0.835. The van der Waals surface area contributed by atoms with E-state index < -0.39 is 0 Å². The van der Waals surface area contributed by atoms with Crippen LogP contribution in [0.15, 0.2) is 22.7 Å². The first-order valence-electron chi connectivity index (χ1n) is 6.95. The van der Waals surface area contributed by atoms with Crippen LogP contribution in [0.3, 0.4) is 0 Å². The monoisotopic (exact) mass is 358 g/mol. The Morgan fingerprint density at radius 3 is 2.80 bits per heavy atom. The molecule has 1 aromatic carbocycles. The number of amides is 1. The van der Waals surface area contributed by atoms with Gasteiger partial charge >= 0.3 is 0 Å². The summed E-state index contributed by atoms with van der Waals surface area (Å²) in [6, 6.07) is 7.04. The van der Waals surface area contributed by atoms with Crippen molar-refractivity contribution in [3.8, 4) is 0 Å². The highest BCUT2D eigenvalue weighted by molar-refractivity contribution is 9.10. The number of likely N-dealkylation sites (tertiary alicyclic amines) is 1. The summed E-state index contributed by atoms with van der Waals surface area (Å²) in [5, 5.41) is 3.61. The second kappa shape index (κ2) is 6.46. The fourth-order valence-corrected chi connectivity index (χ4v) is 3.75. The molecule has 2 aliphatic heterocycles. The van der Waals surface area contributed by atoms with Crippen LogP contribution < -0.4 is 5.32 Å². The zero-order chi connectivity index (χ0) is 13.4. The molecule has 1 amide bonds. The van der Waals surface area contributed by atoms with E-state index in [0.29, 0.717) is 12.1 Å². The predicted molar refractivity (Wildman–Crippen MR) is 86.6 cm³/mol.